The molecule has 1 saturated carbocycles. The molecule has 1 heterocycles. The Bertz CT molecular complexity index is 1250. The van der Waals surface area contributed by atoms with Crippen LogP contribution in [0.3, 0.4) is 0 Å². The highest BCUT2D eigenvalue weighted by molar-refractivity contribution is 5.94. The number of carbonyl (C=O) groups is 3. The van der Waals surface area contributed by atoms with Gasteiger partial charge in [0.2, 0.25) is 0 Å². The van der Waals surface area contributed by atoms with Gasteiger partial charge in [-0.2, -0.15) is 0 Å². The number of hydrogen-bond acceptors (Lipinski definition) is 9. The van der Waals surface area contributed by atoms with Gasteiger partial charge < -0.3 is 24.2 Å². The molecule has 4 unspecified atom stereocenters. The molecule has 3 aliphatic carbocycles. The number of aliphatic hydroxyl groups excluding tert-OH is 2. The van der Waals surface area contributed by atoms with E-state index < -0.39 is 46.4 Å². The summed E-state index contributed by atoms with van der Waals surface area (Å²) in [5.41, 5.74) is -1.37. The van der Waals surface area contributed by atoms with Gasteiger partial charge in [0, 0.05) is 30.1 Å². The van der Waals surface area contributed by atoms with Crippen molar-refractivity contribution in [3.8, 4) is 0 Å². The molecule has 1 spiro atoms. The lowest BCUT2D eigenvalue weighted by atomic mass is 9.62. The molecule has 41 heavy (non-hydrogen) atoms. The Labute approximate surface area is 242 Å². The van der Waals surface area contributed by atoms with Gasteiger partial charge in [0.05, 0.1) is 23.3 Å². The van der Waals surface area contributed by atoms with E-state index in [9.17, 15) is 24.6 Å². The molecule has 3 aliphatic rings. The summed E-state index contributed by atoms with van der Waals surface area (Å²) in [4.78, 5) is 40.7. The van der Waals surface area contributed by atoms with Crippen LogP contribution in [0.2, 0.25) is 0 Å². The minimum Gasteiger partial charge on any atom is -0.459 e. The second kappa shape index (κ2) is 11.1. The van der Waals surface area contributed by atoms with Gasteiger partial charge in [-0.05, 0) is 50.2 Å². The molecule has 2 N–H and O–H groups in total. The van der Waals surface area contributed by atoms with Crippen molar-refractivity contribution in [3.63, 3.8) is 0 Å². The number of hydrogen-bond donors (Lipinski definition) is 2. The van der Waals surface area contributed by atoms with Gasteiger partial charge in [0.25, 0.3) is 0 Å². The normalized spacial score (nSPS) is 34.2. The smallest absolute Gasteiger partial charge is 0.344 e. The summed E-state index contributed by atoms with van der Waals surface area (Å²) in [5, 5.41) is 27.2. The highest BCUT2D eigenvalue weighted by Gasteiger charge is 2.67. The van der Waals surface area contributed by atoms with E-state index in [1.165, 1.54) is 0 Å². The number of ether oxygens (including phenoxy) is 2. The average Bonchev–Trinajstić information content (AvgIpc) is 3.42. The fraction of sp³-hybridized carbons (Fsp3) is 0.688. The average molecular weight is 572 g/mol. The number of nitrogens with zero attached hydrogens (tertiary/aromatic N) is 1. The van der Waals surface area contributed by atoms with E-state index in [1.807, 2.05) is 54.5 Å². The number of ketones is 1. The monoisotopic (exact) mass is 571 g/mol. The molecule has 0 aliphatic heterocycles. The molecule has 7 atom stereocenters. The van der Waals surface area contributed by atoms with Crippen LogP contribution in [0.5, 0.6) is 0 Å². The van der Waals surface area contributed by atoms with E-state index in [2.05, 4.69) is 5.16 Å². The van der Waals surface area contributed by atoms with E-state index >= 15 is 0 Å². The third-order valence-corrected chi connectivity index (χ3v) is 10.1. The van der Waals surface area contributed by atoms with E-state index in [1.54, 1.807) is 13.0 Å². The SMILES string of the molecule is CCCC(=O)O[C@]1(C)C[C@@H](C)C23C=C(C)[C@H](O)C2C(O)C(COC(=O)c2c(CC)noc2CC)=CC(C3=O)C1(C)C. The number of fused-ring (bicyclic) bond motifs is 1. The van der Waals surface area contributed by atoms with Gasteiger partial charge in [-0.15, -0.1) is 0 Å². The first-order valence-electron chi connectivity index (χ1n) is 14.9. The molecule has 1 aromatic rings. The van der Waals surface area contributed by atoms with Crippen LogP contribution >= 0.6 is 0 Å². The Kier molecular flexibility index (Phi) is 8.46. The van der Waals surface area contributed by atoms with Crippen LogP contribution < -0.4 is 0 Å². The summed E-state index contributed by atoms with van der Waals surface area (Å²) < 4.78 is 17.2. The summed E-state index contributed by atoms with van der Waals surface area (Å²) in [7, 11) is 0. The van der Waals surface area contributed by atoms with Crippen LogP contribution in [0.25, 0.3) is 0 Å². The van der Waals surface area contributed by atoms with Crippen molar-refractivity contribution in [1.29, 1.82) is 0 Å². The Morgan fingerprint density at radius 2 is 1.80 bits per heavy atom. The van der Waals surface area contributed by atoms with Crippen molar-refractivity contribution in [2.75, 3.05) is 6.61 Å². The molecule has 9 nitrogen and oxygen atoms in total. The van der Waals surface area contributed by atoms with Crippen LogP contribution in [-0.4, -0.2) is 57.5 Å². The maximum atomic E-state index is 14.7. The van der Waals surface area contributed by atoms with Crippen LogP contribution in [0.1, 0.15) is 96.5 Å². The summed E-state index contributed by atoms with van der Waals surface area (Å²) in [6.07, 6.45) is 3.43. The zero-order chi connectivity index (χ0) is 30.5. The third kappa shape index (κ3) is 4.79. The van der Waals surface area contributed by atoms with Crippen molar-refractivity contribution in [1.82, 2.24) is 5.16 Å². The molecule has 4 rings (SSSR count). The van der Waals surface area contributed by atoms with E-state index in [-0.39, 0.29) is 36.3 Å². The van der Waals surface area contributed by atoms with E-state index in [0.717, 1.165) is 0 Å². The molecule has 226 valence electrons. The van der Waals surface area contributed by atoms with E-state index in [0.29, 0.717) is 48.3 Å². The predicted octanol–water partition coefficient (Wildman–Crippen LogP) is 4.53. The second-order valence-corrected chi connectivity index (χ2v) is 12.8. The van der Waals surface area contributed by atoms with Crippen molar-refractivity contribution in [2.24, 2.45) is 28.6 Å². The molecule has 9 heteroatoms. The Morgan fingerprint density at radius 1 is 1.12 bits per heavy atom. The first-order valence-corrected chi connectivity index (χ1v) is 14.9. The maximum Gasteiger partial charge on any atom is 0.344 e. The van der Waals surface area contributed by atoms with Crippen LogP contribution in [-0.2, 0) is 31.9 Å². The first-order chi connectivity index (χ1) is 19.2. The molecular weight excluding hydrogens is 526 g/mol. The number of rotatable bonds is 8. The fourth-order valence-electron chi connectivity index (χ4n) is 7.37. The predicted molar refractivity (Wildman–Crippen MR) is 151 cm³/mol. The molecule has 0 radical (unpaired) electrons. The number of carbonyl (C=O) groups excluding carboxylic acids is 3. The molecule has 2 bridgehead atoms. The maximum absolute atomic E-state index is 14.7. The Morgan fingerprint density at radius 3 is 2.41 bits per heavy atom. The lowest BCUT2D eigenvalue weighted by Gasteiger charge is -2.46. The van der Waals surface area contributed by atoms with E-state index in [4.69, 9.17) is 14.0 Å². The molecule has 1 fully saturated rings. The van der Waals surface area contributed by atoms with Crippen LogP contribution in [0.15, 0.2) is 27.8 Å². The number of aryl methyl sites for hydroxylation is 2. The Balaban J connectivity index is 1.81. The zero-order valence-electron chi connectivity index (χ0n) is 25.6. The first kappa shape index (κ1) is 31.2. The third-order valence-electron chi connectivity index (χ3n) is 10.1. The van der Waals surface area contributed by atoms with Gasteiger partial charge in [-0.3, -0.25) is 9.59 Å². The van der Waals surface area contributed by atoms with Gasteiger partial charge in [0.15, 0.2) is 11.5 Å². The van der Waals surface area contributed by atoms with Crippen molar-refractivity contribution in [2.45, 2.75) is 105 Å². The van der Waals surface area contributed by atoms with Crippen molar-refractivity contribution < 1.29 is 38.6 Å². The van der Waals surface area contributed by atoms with Crippen molar-refractivity contribution >= 4 is 17.7 Å². The topological polar surface area (TPSA) is 136 Å². The summed E-state index contributed by atoms with van der Waals surface area (Å²) in [6.45, 7) is 14.7. The van der Waals surface area contributed by atoms with Gasteiger partial charge in [0.1, 0.15) is 17.8 Å². The molecule has 0 aromatic carbocycles. The van der Waals surface area contributed by atoms with Gasteiger partial charge in [-0.25, -0.2) is 4.79 Å². The minimum absolute atomic E-state index is 0.132. The highest BCUT2D eigenvalue weighted by atomic mass is 16.6. The largest absolute Gasteiger partial charge is 0.459 e. The molecule has 0 amide bonds. The lowest BCUT2D eigenvalue weighted by Crippen LogP contribution is -2.50. The fourth-order valence-corrected chi connectivity index (χ4v) is 7.37. The standard InChI is InChI=1S/C32H45NO8/c1-9-12-23(34)40-31(8)15-18(5)32-14-17(4)26(35)25(32)27(36)19(13-20(28(32)37)30(31,6)7)16-39-29(38)24-21(10-2)33-41-22(24)11-3/h13-14,18,20,25-27,35-36H,9-12,15-16H2,1-8H3/t18-,20?,25?,26+,27?,31-,32?/m1/s1. The summed E-state index contributed by atoms with van der Waals surface area (Å²) in [5.74, 6) is -2.68. The number of allylic oxidation sites excluding steroid dienone is 2. The summed E-state index contributed by atoms with van der Waals surface area (Å²) >= 11 is 0. The quantitative estimate of drug-likeness (QED) is 0.341. The Hall–Kier alpha value is -2.78. The van der Waals surface area contributed by atoms with Crippen molar-refractivity contribution in [3.05, 3.63) is 40.3 Å². The number of aliphatic hydroxyl groups is 2. The number of aromatic nitrogens is 1. The number of esters is 2. The number of Topliss-reactive ketones (excluding diaryl/α,β-unsaturated/α-hetero) is 1. The summed E-state index contributed by atoms with van der Waals surface area (Å²) in [6, 6.07) is 0. The molecule has 1 aromatic heterocycles. The molecule has 0 saturated heterocycles. The highest BCUT2D eigenvalue weighted by Crippen LogP contribution is 2.62. The minimum atomic E-state index is -1.25. The van der Waals surface area contributed by atoms with Gasteiger partial charge in [-0.1, -0.05) is 58.9 Å². The second-order valence-electron chi connectivity index (χ2n) is 12.8. The van der Waals surface area contributed by atoms with Crippen LogP contribution in [0, 0.1) is 28.6 Å². The van der Waals surface area contributed by atoms with Gasteiger partial charge >= 0.3 is 11.9 Å². The van der Waals surface area contributed by atoms with Crippen LogP contribution in [0.4, 0.5) is 0 Å². The molecular formula is C32H45NO8. The zero-order valence-corrected chi connectivity index (χ0v) is 25.6. The lowest BCUT2D eigenvalue weighted by molar-refractivity contribution is -0.178.